The zero-order chi connectivity index (χ0) is 14.9. The van der Waals surface area contributed by atoms with Crippen molar-refractivity contribution in [1.82, 2.24) is 9.97 Å². The van der Waals surface area contributed by atoms with Gasteiger partial charge in [-0.1, -0.05) is 12.1 Å². The van der Waals surface area contributed by atoms with Gasteiger partial charge in [-0.3, -0.25) is 4.98 Å². The lowest BCUT2D eigenvalue weighted by Crippen LogP contribution is -1.90. The Morgan fingerprint density at radius 3 is 3.00 bits per heavy atom. The molecule has 0 atom stereocenters. The zero-order valence-corrected chi connectivity index (χ0v) is 12.7. The van der Waals surface area contributed by atoms with E-state index < -0.39 is 0 Å². The van der Waals surface area contributed by atoms with Gasteiger partial charge in [-0.25, -0.2) is 4.98 Å². The third-order valence-electron chi connectivity index (χ3n) is 3.37. The number of furan rings is 1. The average molecular weight is 307 g/mol. The number of pyridine rings is 1. The number of benzene rings is 1. The van der Waals surface area contributed by atoms with Crippen LogP contribution in [0.2, 0.25) is 0 Å². The minimum absolute atomic E-state index is 0.834. The molecule has 4 aromatic rings. The second kappa shape index (κ2) is 5.27. The predicted molar refractivity (Wildman–Crippen MR) is 89.6 cm³/mol. The maximum atomic E-state index is 5.77. The summed E-state index contributed by atoms with van der Waals surface area (Å²) in [7, 11) is 0. The summed E-state index contributed by atoms with van der Waals surface area (Å²) in [5, 5.41) is 7.29. The van der Waals surface area contributed by atoms with Gasteiger partial charge in [0.1, 0.15) is 5.76 Å². The monoisotopic (exact) mass is 307 g/mol. The summed E-state index contributed by atoms with van der Waals surface area (Å²) in [6.45, 7) is 1.95. The van der Waals surface area contributed by atoms with E-state index in [1.165, 1.54) is 0 Å². The molecule has 1 N–H and O–H groups in total. The molecule has 0 saturated carbocycles. The van der Waals surface area contributed by atoms with Crippen molar-refractivity contribution in [1.29, 1.82) is 0 Å². The molecule has 0 bridgehead atoms. The van der Waals surface area contributed by atoms with Crippen LogP contribution in [0.15, 0.2) is 58.6 Å². The molecule has 108 valence electrons. The van der Waals surface area contributed by atoms with Crippen molar-refractivity contribution in [3.63, 3.8) is 0 Å². The fourth-order valence-corrected chi connectivity index (χ4v) is 3.12. The maximum Gasteiger partial charge on any atom is 0.187 e. The molecule has 3 heterocycles. The van der Waals surface area contributed by atoms with E-state index in [0.29, 0.717) is 0 Å². The highest BCUT2D eigenvalue weighted by Crippen LogP contribution is 2.31. The van der Waals surface area contributed by atoms with E-state index in [1.54, 1.807) is 17.5 Å². The molecule has 22 heavy (non-hydrogen) atoms. The maximum absolute atomic E-state index is 5.77. The molecule has 1 aromatic carbocycles. The molecule has 0 aliphatic rings. The summed E-state index contributed by atoms with van der Waals surface area (Å²) in [6.07, 6.45) is 3.57. The van der Waals surface area contributed by atoms with Crippen LogP contribution in [0.3, 0.4) is 0 Å². The molecule has 0 saturated heterocycles. The molecule has 0 amide bonds. The molecule has 0 fully saturated rings. The fourth-order valence-electron chi connectivity index (χ4n) is 2.38. The van der Waals surface area contributed by atoms with Crippen molar-refractivity contribution >= 4 is 33.1 Å². The molecule has 3 aromatic heterocycles. The van der Waals surface area contributed by atoms with Gasteiger partial charge < -0.3 is 9.73 Å². The normalized spacial score (nSPS) is 11.0. The van der Waals surface area contributed by atoms with Crippen LogP contribution >= 0.6 is 11.3 Å². The Hall–Kier alpha value is -2.66. The Morgan fingerprint density at radius 2 is 2.14 bits per heavy atom. The third kappa shape index (κ3) is 2.35. The first-order valence-electron chi connectivity index (χ1n) is 6.92. The Balaban J connectivity index is 1.67. The van der Waals surface area contributed by atoms with Crippen molar-refractivity contribution in [3.05, 3.63) is 59.9 Å². The van der Waals surface area contributed by atoms with Crippen LogP contribution in [0, 0.1) is 6.92 Å². The summed E-state index contributed by atoms with van der Waals surface area (Å²) in [4.78, 5) is 8.74. The molecule has 4 nitrogen and oxygen atoms in total. The number of hydrogen-bond acceptors (Lipinski definition) is 5. The first kappa shape index (κ1) is 13.0. The predicted octanol–water partition coefficient (Wildman–Crippen LogP) is 5.00. The van der Waals surface area contributed by atoms with E-state index in [9.17, 15) is 0 Å². The van der Waals surface area contributed by atoms with Gasteiger partial charge in [0, 0.05) is 28.7 Å². The number of hydrogen-bond donors (Lipinski definition) is 1. The number of aromatic nitrogens is 2. The number of rotatable bonds is 3. The van der Waals surface area contributed by atoms with E-state index in [1.807, 2.05) is 54.9 Å². The van der Waals surface area contributed by atoms with Gasteiger partial charge in [-0.15, -0.1) is 11.3 Å². The molecular formula is C17H13N3OS. The lowest BCUT2D eigenvalue weighted by Gasteiger charge is -2.03. The van der Waals surface area contributed by atoms with E-state index in [4.69, 9.17) is 4.42 Å². The lowest BCUT2D eigenvalue weighted by atomic mass is 10.2. The van der Waals surface area contributed by atoms with Gasteiger partial charge in [0.15, 0.2) is 10.7 Å². The lowest BCUT2D eigenvalue weighted by molar-refractivity contribution is 0.579. The zero-order valence-electron chi connectivity index (χ0n) is 11.9. The van der Waals surface area contributed by atoms with Crippen LogP contribution in [-0.2, 0) is 0 Å². The topological polar surface area (TPSA) is 51.0 Å². The second-order valence-electron chi connectivity index (χ2n) is 4.99. The van der Waals surface area contributed by atoms with Crippen molar-refractivity contribution in [2.75, 3.05) is 5.32 Å². The number of fused-ring (bicyclic) bond motifs is 1. The SMILES string of the molecule is Cc1cc2cccc(Nc3nc(-c4cccnc4)cs3)c2o1. The van der Waals surface area contributed by atoms with Gasteiger partial charge in [0.2, 0.25) is 0 Å². The minimum atomic E-state index is 0.834. The Labute approximate surface area is 131 Å². The number of nitrogens with one attached hydrogen (secondary N) is 1. The number of aryl methyl sites for hydroxylation is 1. The van der Waals surface area contributed by atoms with Gasteiger partial charge in [-0.05, 0) is 31.2 Å². The number of para-hydroxylation sites is 1. The average Bonchev–Trinajstić information content (AvgIpc) is 3.14. The quantitative estimate of drug-likeness (QED) is 0.578. The minimum Gasteiger partial charge on any atom is -0.459 e. The fraction of sp³-hybridized carbons (Fsp3) is 0.0588. The van der Waals surface area contributed by atoms with Crippen molar-refractivity contribution in [2.24, 2.45) is 0 Å². The summed E-state index contributed by atoms with van der Waals surface area (Å²) in [5.41, 5.74) is 3.72. The highest BCUT2D eigenvalue weighted by Gasteiger charge is 2.09. The van der Waals surface area contributed by atoms with E-state index >= 15 is 0 Å². The third-order valence-corrected chi connectivity index (χ3v) is 4.13. The van der Waals surface area contributed by atoms with Crippen LogP contribution < -0.4 is 5.32 Å². The smallest absolute Gasteiger partial charge is 0.187 e. The molecule has 0 unspecified atom stereocenters. The Bertz CT molecular complexity index is 927. The Kier molecular flexibility index (Phi) is 3.12. The summed E-state index contributed by atoms with van der Waals surface area (Å²) < 4.78 is 5.77. The largest absolute Gasteiger partial charge is 0.459 e. The highest BCUT2D eigenvalue weighted by molar-refractivity contribution is 7.14. The van der Waals surface area contributed by atoms with E-state index in [-0.39, 0.29) is 0 Å². The highest BCUT2D eigenvalue weighted by atomic mass is 32.1. The van der Waals surface area contributed by atoms with Crippen molar-refractivity contribution in [3.8, 4) is 11.3 Å². The standard InChI is InChI=1S/C17H13N3OS/c1-11-8-12-4-2-6-14(16(12)21-11)19-17-20-15(10-22-17)13-5-3-7-18-9-13/h2-10H,1H3,(H,19,20). The van der Waals surface area contributed by atoms with Crippen LogP contribution in [0.4, 0.5) is 10.8 Å². The van der Waals surface area contributed by atoms with Crippen molar-refractivity contribution in [2.45, 2.75) is 6.92 Å². The summed E-state index contributed by atoms with van der Waals surface area (Å²) in [5.74, 6) is 0.902. The van der Waals surface area contributed by atoms with Crippen LogP contribution in [-0.4, -0.2) is 9.97 Å². The van der Waals surface area contributed by atoms with Crippen LogP contribution in [0.1, 0.15) is 5.76 Å². The van der Waals surface area contributed by atoms with Crippen LogP contribution in [0.25, 0.3) is 22.2 Å². The van der Waals surface area contributed by atoms with Gasteiger partial charge in [0.05, 0.1) is 11.4 Å². The van der Waals surface area contributed by atoms with Gasteiger partial charge in [0.25, 0.3) is 0 Å². The number of thiazole rings is 1. The molecule has 0 aliphatic carbocycles. The Morgan fingerprint density at radius 1 is 1.18 bits per heavy atom. The summed E-state index contributed by atoms with van der Waals surface area (Å²) in [6, 6.07) is 12.0. The molecule has 0 radical (unpaired) electrons. The molecule has 5 heteroatoms. The van der Waals surface area contributed by atoms with Gasteiger partial charge in [-0.2, -0.15) is 0 Å². The molecule has 4 rings (SSSR count). The van der Waals surface area contributed by atoms with E-state index in [0.717, 1.165) is 38.8 Å². The number of anilines is 2. The first-order valence-corrected chi connectivity index (χ1v) is 7.80. The molecular weight excluding hydrogens is 294 g/mol. The first-order chi connectivity index (χ1) is 10.8. The number of nitrogens with zero attached hydrogens (tertiary/aromatic N) is 2. The second-order valence-corrected chi connectivity index (χ2v) is 5.84. The van der Waals surface area contributed by atoms with E-state index in [2.05, 4.69) is 15.3 Å². The summed E-state index contributed by atoms with van der Waals surface area (Å²) >= 11 is 1.56. The van der Waals surface area contributed by atoms with Crippen molar-refractivity contribution < 1.29 is 4.42 Å². The van der Waals surface area contributed by atoms with Crippen LogP contribution in [0.5, 0.6) is 0 Å². The van der Waals surface area contributed by atoms with Gasteiger partial charge >= 0.3 is 0 Å². The molecule has 0 spiro atoms. The molecule has 0 aliphatic heterocycles.